The Morgan fingerprint density at radius 2 is 0.762 bits per heavy atom. The zero-order valence-electron chi connectivity index (χ0n) is 12.3. The van der Waals surface area contributed by atoms with Gasteiger partial charge in [0.05, 0.1) is 0 Å². The summed E-state index contributed by atoms with van der Waals surface area (Å²) in [6, 6.07) is 17.7. The van der Waals surface area contributed by atoms with E-state index in [1.807, 2.05) is 0 Å². The highest BCUT2D eigenvalue weighted by atomic mass is 35.5. The van der Waals surface area contributed by atoms with E-state index < -0.39 is 0 Å². The van der Waals surface area contributed by atoms with Gasteiger partial charge in [0.25, 0.3) is 0 Å². The molecule has 0 atom stereocenters. The molecule has 2 rings (SSSR count). The SMILES string of the molecule is ClCCc1ccc(CCCc2ccc(CCCl)cc2)cc1. The predicted octanol–water partition coefficient (Wildman–Crippen LogP) is 5.42. The summed E-state index contributed by atoms with van der Waals surface area (Å²) in [6.07, 6.45) is 5.35. The van der Waals surface area contributed by atoms with Gasteiger partial charge in [0, 0.05) is 11.8 Å². The molecule has 21 heavy (non-hydrogen) atoms. The van der Waals surface area contributed by atoms with Gasteiger partial charge in [0.1, 0.15) is 0 Å². The fourth-order valence-electron chi connectivity index (χ4n) is 2.46. The van der Waals surface area contributed by atoms with Crippen molar-refractivity contribution in [1.82, 2.24) is 0 Å². The van der Waals surface area contributed by atoms with Crippen LogP contribution in [-0.4, -0.2) is 11.8 Å². The van der Waals surface area contributed by atoms with Crippen molar-refractivity contribution in [3.8, 4) is 0 Å². The van der Waals surface area contributed by atoms with E-state index in [4.69, 9.17) is 23.2 Å². The van der Waals surface area contributed by atoms with Gasteiger partial charge in [-0.2, -0.15) is 0 Å². The Bertz CT molecular complexity index is 465. The Kier molecular flexibility index (Phi) is 7.12. The Morgan fingerprint density at radius 1 is 0.476 bits per heavy atom. The number of rotatable bonds is 8. The summed E-state index contributed by atoms with van der Waals surface area (Å²) in [4.78, 5) is 0. The van der Waals surface area contributed by atoms with Crippen molar-refractivity contribution >= 4 is 23.2 Å². The van der Waals surface area contributed by atoms with E-state index >= 15 is 0 Å². The number of hydrogen-bond donors (Lipinski definition) is 0. The Morgan fingerprint density at radius 3 is 1.05 bits per heavy atom. The Balaban J connectivity index is 1.78. The van der Waals surface area contributed by atoms with Crippen LogP contribution < -0.4 is 0 Å². The van der Waals surface area contributed by atoms with Crippen LogP contribution in [0.3, 0.4) is 0 Å². The van der Waals surface area contributed by atoms with Crippen LogP contribution in [0, 0.1) is 0 Å². The minimum Gasteiger partial charge on any atom is -0.126 e. The van der Waals surface area contributed by atoms with Gasteiger partial charge < -0.3 is 0 Å². The molecule has 0 bridgehead atoms. The van der Waals surface area contributed by atoms with Crippen LogP contribution >= 0.6 is 23.2 Å². The highest BCUT2D eigenvalue weighted by Gasteiger charge is 1.98. The highest BCUT2D eigenvalue weighted by molar-refractivity contribution is 6.18. The van der Waals surface area contributed by atoms with Crippen molar-refractivity contribution in [2.24, 2.45) is 0 Å². The van der Waals surface area contributed by atoms with Gasteiger partial charge in [0.2, 0.25) is 0 Å². The molecule has 0 spiro atoms. The van der Waals surface area contributed by atoms with Gasteiger partial charge in [-0.25, -0.2) is 0 Å². The van der Waals surface area contributed by atoms with Crippen molar-refractivity contribution in [2.75, 3.05) is 11.8 Å². The molecule has 0 unspecified atom stereocenters. The van der Waals surface area contributed by atoms with E-state index in [1.54, 1.807) is 0 Å². The predicted molar refractivity (Wildman–Crippen MR) is 93.8 cm³/mol. The molecule has 0 aliphatic rings. The summed E-state index contributed by atoms with van der Waals surface area (Å²) in [6.45, 7) is 0. The number of halogens is 2. The van der Waals surface area contributed by atoms with E-state index in [0.29, 0.717) is 11.8 Å². The van der Waals surface area contributed by atoms with Crippen molar-refractivity contribution in [2.45, 2.75) is 32.1 Å². The maximum absolute atomic E-state index is 5.75. The molecule has 112 valence electrons. The molecule has 0 saturated carbocycles. The summed E-state index contributed by atoms with van der Waals surface area (Å²) < 4.78 is 0. The topological polar surface area (TPSA) is 0 Å². The van der Waals surface area contributed by atoms with Gasteiger partial charge in [-0.15, -0.1) is 23.2 Å². The molecule has 2 heteroatoms. The monoisotopic (exact) mass is 320 g/mol. The molecule has 0 heterocycles. The summed E-state index contributed by atoms with van der Waals surface area (Å²) in [7, 11) is 0. The van der Waals surface area contributed by atoms with Gasteiger partial charge in [0.15, 0.2) is 0 Å². The van der Waals surface area contributed by atoms with Crippen molar-refractivity contribution < 1.29 is 0 Å². The van der Waals surface area contributed by atoms with Crippen LogP contribution in [0.2, 0.25) is 0 Å². The molecule has 0 fully saturated rings. The fourth-order valence-corrected chi connectivity index (χ4v) is 2.90. The first-order chi connectivity index (χ1) is 10.3. The van der Waals surface area contributed by atoms with Crippen LogP contribution in [0.4, 0.5) is 0 Å². The average Bonchev–Trinajstić information content (AvgIpc) is 2.51. The van der Waals surface area contributed by atoms with E-state index in [-0.39, 0.29) is 0 Å². The number of aryl methyl sites for hydroxylation is 4. The van der Waals surface area contributed by atoms with Gasteiger partial charge in [-0.05, 0) is 54.4 Å². The normalized spacial score (nSPS) is 10.8. The van der Waals surface area contributed by atoms with Gasteiger partial charge in [-0.3, -0.25) is 0 Å². The van der Waals surface area contributed by atoms with Crippen LogP contribution in [0.1, 0.15) is 28.7 Å². The van der Waals surface area contributed by atoms with Crippen molar-refractivity contribution in [3.63, 3.8) is 0 Å². The Labute approximate surface area is 138 Å². The minimum absolute atomic E-state index is 0.694. The zero-order chi connectivity index (χ0) is 14.9. The average molecular weight is 321 g/mol. The third-order valence-corrected chi connectivity index (χ3v) is 4.12. The number of alkyl halides is 2. The standard InChI is InChI=1S/C19H22Cl2/c20-14-12-18-8-4-16(5-9-18)2-1-3-17-6-10-19(11-7-17)13-15-21/h4-11H,1-3,12-15H2. The highest BCUT2D eigenvalue weighted by Crippen LogP contribution is 2.12. The van der Waals surface area contributed by atoms with Gasteiger partial charge >= 0.3 is 0 Å². The first-order valence-electron chi connectivity index (χ1n) is 7.59. The molecule has 0 aromatic heterocycles. The molecule has 0 N–H and O–H groups in total. The lowest BCUT2D eigenvalue weighted by molar-refractivity contribution is 0.819. The Hall–Kier alpha value is -0.980. The lowest BCUT2D eigenvalue weighted by Gasteiger charge is -2.05. The van der Waals surface area contributed by atoms with E-state index in [1.165, 1.54) is 28.7 Å². The minimum atomic E-state index is 0.694. The third-order valence-electron chi connectivity index (χ3n) is 3.74. The maximum atomic E-state index is 5.75. The smallest absolute Gasteiger partial charge is 0.0263 e. The zero-order valence-corrected chi connectivity index (χ0v) is 13.8. The van der Waals surface area contributed by atoms with Crippen LogP contribution in [0.5, 0.6) is 0 Å². The lowest BCUT2D eigenvalue weighted by Crippen LogP contribution is -1.93. The van der Waals surface area contributed by atoms with Crippen LogP contribution in [0.25, 0.3) is 0 Å². The second-order valence-electron chi connectivity index (χ2n) is 5.36. The fraction of sp³-hybridized carbons (Fsp3) is 0.368. The second-order valence-corrected chi connectivity index (χ2v) is 6.12. The molecule has 0 aliphatic heterocycles. The molecular formula is C19H22Cl2. The summed E-state index contributed by atoms with van der Waals surface area (Å²) in [5.74, 6) is 1.39. The molecular weight excluding hydrogens is 299 g/mol. The lowest BCUT2D eigenvalue weighted by atomic mass is 10.0. The van der Waals surface area contributed by atoms with Crippen LogP contribution in [0.15, 0.2) is 48.5 Å². The summed E-state index contributed by atoms with van der Waals surface area (Å²) >= 11 is 11.5. The molecule has 0 aliphatic carbocycles. The number of hydrogen-bond acceptors (Lipinski definition) is 0. The summed E-state index contributed by atoms with van der Waals surface area (Å²) in [5.41, 5.74) is 5.46. The van der Waals surface area contributed by atoms with Crippen LogP contribution in [-0.2, 0) is 25.7 Å². The third kappa shape index (κ3) is 5.73. The molecule has 0 saturated heterocycles. The molecule has 0 nitrogen and oxygen atoms in total. The first-order valence-corrected chi connectivity index (χ1v) is 8.66. The van der Waals surface area contributed by atoms with E-state index in [2.05, 4.69) is 48.5 Å². The maximum Gasteiger partial charge on any atom is 0.0263 e. The van der Waals surface area contributed by atoms with E-state index in [0.717, 1.165) is 25.7 Å². The first kappa shape index (κ1) is 16.4. The summed E-state index contributed by atoms with van der Waals surface area (Å²) in [5, 5.41) is 0. The molecule has 2 aromatic rings. The van der Waals surface area contributed by atoms with E-state index in [9.17, 15) is 0 Å². The number of benzene rings is 2. The van der Waals surface area contributed by atoms with Crippen molar-refractivity contribution in [1.29, 1.82) is 0 Å². The molecule has 0 radical (unpaired) electrons. The molecule has 0 amide bonds. The largest absolute Gasteiger partial charge is 0.126 e. The molecule has 2 aromatic carbocycles. The quantitative estimate of drug-likeness (QED) is 0.569. The van der Waals surface area contributed by atoms with Gasteiger partial charge in [-0.1, -0.05) is 48.5 Å². The second kappa shape index (κ2) is 9.12. The van der Waals surface area contributed by atoms with Crippen molar-refractivity contribution in [3.05, 3.63) is 70.8 Å².